The Labute approximate surface area is 80.3 Å². The number of carbonyl (C=O) groups excluding carboxylic acids is 1. The number of rotatable bonds is 1. The van der Waals surface area contributed by atoms with E-state index in [4.69, 9.17) is 4.84 Å². The van der Waals surface area contributed by atoms with Gasteiger partial charge in [-0.1, -0.05) is 6.07 Å². The minimum absolute atomic E-state index is 0.0758. The molecule has 2 heterocycles. The SMILES string of the molecule is O=C(c1cccc(F)n1)N1CCCO1. The fourth-order valence-electron chi connectivity index (χ4n) is 1.26. The van der Waals surface area contributed by atoms with Crippen LogP contribution >= 0.6 is 0 Å². The van der Waals surface area contributed by atoms with Crippen LogP contribution in [0.4, 0.5) is 4.39 Å². The van der Waals surface area contributed by atoms with E-state index in [1.807, 2.05) is 0 Å². The number of hydrogen-bond donors (Lipinski definition) is 0. The average Bonchev–Trinajstić information content (AvgIpc) is 2.69. The maximum Gasteiger partial charge on any atom is 0.296 e. The minimum atomic E-state index is -0.657. The third kappa shape index (κ3) is 1.72. The highest BCUT2D eigenvalue weighted by molar-refractivity contribution is 5.91. The van der Waals surface area contributed by atoms with Crippen LogP contribution in [0.25, 0.3) is 0 Å². The molecule has 0 unspecified atom stereocenters. The molecule has 1 aliphatic rings. The first-order valence-electron chi connectivity index (χ1n) is 4.35. The monoisotopic (exact) mass is 196 g/mol. The molecule has 74 valence electrons. The number of halogens is 1. The van der Waals surface area contributed by atoms with Crippen LogP contribution in [0.1, 0.15) is 16.9 Å². The van der Waals surface area contributed by atoms with Crippen molar-refractivity contribution in [2.45, 2.75) is 6.42 Å². The molecule has 1 saturated heterocycles. The second-order valence-electron chi connectivity index (χ2n) is 2.94. The van der Waals surface area contributed by atoms with E-state index in [0.717, 1.165) is 6.42 Å². The van der Waals surface area contributed by atoms with Gasteiger partial charge >= 0.3 is 0 Å². The smallest absolute Gasteiger partial charge is 0.271 e. The van der Waals surface area contributed by atoms with Gasteiger partial charge in [0.15, 0.2) is 0 Å². The fraction of sp³-hybridized carbons (Fsp3) is 0.333. The quantitative estimate of drug-likeness (QED) is 0.629. The molecule has 1 fully saturated rings. The molecule has 0 saturated carbocycles. The summed E-state index contributed by atoms with van der Waals surface area (Å²) in [6.07, 6.45) is 0.807. The molecule has 14 heavy (non-hydrogen) atoms. The summed E-state index contributed by atoms with van der Waals surface area (Å²) in [5, 5.41) is 1.21. The first kappa shape index (κ1) is 9.08. The zero-order chi connectivity index (χ0) is 9.97. The van der Waals surface area contributed by atoms with E-state index in [1.165, 1.54) is 23.3 Å². The number of nitrogens with zero attached hydrogens (tertiary/aromatic N) is 2. The molecular weight excluding hydrogens is 187 g/mol. The van der Waals surface area contributed by atoms with Crippen LogP contribution in [0.15, 0.2) is 18.2 Å². The van der Waals surface area contributed by atoms with Gasteiger partial charge in [0.25, 0.3) is 5.91 Å². The summed E-state index contributed by atoms with van der Waals surface area (Å²) in [5.74, 6) is -1.04. The van der Waals surface area contributed by atoms with Crippen LogP contribution in [0, 0.1) is 5.95 Å². The lowest BCUT2D eigenvalue weighted by Crippen LogP contribution is -2.27. The van der Waals surface area contributed by atoms with E-state index in [-0.39, 0.29) is 11.6 Å². The number of amides is 1. The molecule has 4 nitrogen and oxygen atoms in total. The molecule has 0 bridgehead atoms. The summed E-state index contributed by atoms with van der Waals surface area (Å²) in [6.45, 7) is 1.07. The molecule has 2 rings (SSSR count). The summed E-state index contributed by atoms with van der Waals surface area (Å²) in [5.41, 5.74) is 0.0758. The molecule has 0 atom stereocenters. The van der Waals surface area contributed by atoms with Crippen molar-refractivity contribution in [3.8, 4) is 0 Å². The highest BCUT2D eigenvalue weighted by atomic mass is 19.1. The fourth-order valence-corrected chi connectivity index (χ4v) is 1.26. The number of carbonyl (C=O) groups is 1. The zero-order valence-corrected chi connectivity index (χ0v) is 7.44. The topological polar surface area (TPSA) is 42.4 Å². The Morgan fingerprint density at radius 2 is 2.43 bits per heavy atom. The summed E-state index contributed by atoms with van der Waals surface area (Å²) in [6, 6.07) is 4.11. The van der Waals surface area contributed by atoms with Crippen molar-refractivity contribution in [3.63, 3.8) is 0 Å². The largest absolute Gasteiger partial charge is 0.296 e. The van der Waals surface area contributed by atoms with E-state index < -0.39 is 5.95 Å². The van der Waals surface area contributed by atoms with Crippen molar-refractivity contribution in [2.24, 2.45) is 0 Å². The Balaban J connectivity index is 2.17. The maximum atomic E-state index is 12.7. The van der Waals surface area contributed by atoms with Crippen molar-refractivity contribution in [2.75, 3.05) is 13.2 Å². The second-order valence-corrected chi connectivity index (χ2v) is 2.94. The van der Waals surface area contributed by atoms with Crippen LogP contribution in [-0.2, 0) is 4.84 Å². The maximum absolute atomic E-state index is 12.7. The Bertz CT molecular complexity index is 350. The van der Waals surface area contributed by atoms with Crippen LogP contribution in [0.5, 0.6) is 0 Å². The molecule has 0 aromatic carbocycles. The van der Waals surface area contributed by atoms with E-state index >= 15 is 0 Å². The molecule has 1 aliphatic heterocycles. The van der Waals surface area contributed by atoms with Gasteiger partial charge in [0.2, 0.25) is 5.95 Å². The van der Waals surface area contributed by atoms with Crippen molar-refractivity contribution >= 4 is 5.91 Å². The van der Waals surface area contributed by atoms with Gasteiger partial charge in [0.1, 0.15) is 5.69 Å². The number of hydrogen-bond acceptors (Lipinski definition) is 3. The molecule has 0 radical (unpaired) electrons. The van der Waals surface area contributed by atoms with Gasteiger partial charge in [-0.3, -0.25) is 9.63 Å². The number of aromatic nitrogens is 1. The predicted octanol–water partition coefficient (Wildman–Crippen LogP) is 0.998. The van der Waals surface area contributed by atoms with E-state index in [9.17, 15) is 9.18 Å². The Morgan fingerprint density at radius 3 is 3.07 bits per heavy atom. The standard InChI is InChI=1S/C9H9FN2O2/c10-8-4-1-3-7(11-8)9(13)12-5-2-6-14-12/h1,3-4H,2,5-6H2. The zero-order valence-electron chi connectivity index (χ0n) is 7.44. The van der Waals surface area contributed by atoms with Gasteiger partial charge in [0.05, 0.1) is 13.2 Å². The van der Waals surface area contributed by atoms with Gasteiger partial charge in [-0.2, -0.15) is 4.39 Å². The van der Waals surface area contributed by atoms with Crippen molar-refractivity contribution < 1.29 is 14.0 Å². The van der Waals surface area contributed by atoms with Crippen molar-refractivity contribution in [1.82, 2.24) is 10.0 Å². The third-order valence-electron chi connectivity index (χ3n) is 1.91. The third-order valence-corrected chi connectivity index (χ3v) is 1.91. The van der Waals surface area contributed by atoms with Gasteiger partial charge in [-0.25, -0.2) is 10.0 Å². The van der Waals surface area contributed by atoms with Crippen LogP contribution in [-0.4, -0.2) is 29.1 Å². The second kappa shape index (κ2) is 3.71. The lowest BCUT2D eigenvalue weighted by atomic mass is 10.3. The summed E-state index contributed by atoms with van der Waals surface area (Å²) < 4.78 is 12.7. The molecule has 0 aliphatic carbocycles. The van der Waals surface area contributed by atoms with E-state index in [1.54, 1.807) is 0 Å². The van der Waals surface area contributed by atoms with E-state index in [0.29, 0.717) is 13.2 Å². The Kier molecular flexibility index (Phi) is 2.41. The van der Waals surface area contributed by atoms with Crippen LogP contribution < -0.4 is 0 Å². The van der Waals surface area contributed by atoms with Crippen LogP contribution in [0.2, 0.25) is 0 Å². The summed E-state index contributed by atoms with van der Waals surface area (Å²) in [4.78, 5) is 20.1. The highest BCUT2D eigenvalue weighted by Crippen LogP contribution is 2.09. The first-order valence-corrected chi connectivity index (χ1v) is 4.35. The molecule has 0 spiro atoms. The molecular formula is C9H9FN2O2. The lowest BCUT2D eigenvalue weighted by molar-refractivity contribution is -0.0772. The average molecular weight is 196 g/mol. The Morgan fingerprint density at radius 1 is 1.57 bits per heavy atom. The highest BCUT2D eigenvalue weighted by Gasteiger charge is 2.21. The normalized spacial score (nSPS) is 15.9. The number of pyridine rings is 1. The summed E-state index contributed by atoms with van der Waals surface area (Å²) >= 11 is 0. The first-order chi connectivity index (χ1) is 6.77. The predicted molar refractivity (Wildman–Crippen MR) is 45.8 cm³/mol. The lowest BCUT2D eigenvalue weighted by Gasteiger charge is -2.12. The number of hydroxylamine groups is 2. The van der Waals surface area contributed by atoms with Gasteiger partial charge in [0, 0.05) is 0 Å². The van der Waals surface area contributed by atoms with Crippen LogP contribution in [0.3, 0.4) is 0 Å². The molecule has 1 aromatic heterocycles. The molecule has 0 N–H and O–H groups in total. The van der Waals surface area contributed by atoms with Crippen molar-refractivity contribution in [3.05, 3.63) is 29.8 Å². The van der Waals surface area contributed by atoms with Gasteiger partial charge in [-0.15, -0.1) is 0 Å². The van der Waals surface area contributed by atoms with E-state index in [2.05, 4.69) is 4.98 Å². The van der Waals surface area contributed by atoms with Crippen molar-refractivity contribution in [1.29, 1.82) is 0 Å². The molecule has 1 amide bonds. The summed E-state index contributed by atoms with van der Waals surface area (Å²) in [7, 11) is 0. The Hall–Kier alpha value is -1.49. The van der Waals surface area contributed by atoms with Gasteiger partial charge < -0.3 is 0 Å². The van der Waals surface area contributed by atoms with Gasteiger partial charge in [-0.05, 0) is 18.6 Å². The molecule has 1 aromatic rings. The minimum Gasteiger partial charge on any atom is -0.271 e. The molecule has 5 heteroatoms.